The molecule has 0 amide bonds. The molecule has 0 saturated heterocycles. The van der Waals surface area contributed by atoms with Crippen LogP contribution in [0.1, 0.15) is 18.5 Å². The average Bonchev–Trinajstić information content (AvgIpc) is 2.54. The Morgan fingerprint density at radius 2 is 1.65 bits per heavy atom. The summed E-state index contributed by atoms with van der Waals surface area (Å²) in [6, 6.07) is 19.6. The molecule has 1 atom stereocenters. The Labute approximate surface area is 141 Å². The van der Waals surface area contributed by atoms with Gasteiger partial charge < -0.3 is 0 Å². The first-order chi connectivity index (χ1) is 11.0. The molecular weight excluding hydrogens is 330 g/mol. The molecule has 0 bridgehead atoms. The standard InChI is InChI=1S/C18H16ClNO2S/c1-13(15-7-4-8-17(19)11-15)20-23(21,22)18-10-9-14-5-2-3-6-16(14)12-18/h2-13,20H,1H3. The van der Waals surface area contributed by atoms with Crippen LogP contribution in [0.2, 0.25) is 5.02 Å². The lowest BCUT2D eigenvalue weighted by molar-refractivity contribution is 0.567. The van der Waals surface area contributed by atoms with Crippen molar-refractivity contribution in [2.75, 3.05) is 0 Å². The first-order valence-electron chi connectivity index (χ1n) is 7.22. The van der Waals surface area contributed by atoms with Crippen LogP contribution in [0, 0.1) is 0 Å². The van der Waals surface area contributed by atoms with E-state index in [1.165, 1.54) is 0 Å². The van der Waals surface area contributed by atoms with Gasteiger partial charge in [0.1, 0.15) is 0 Å². The summed E-state index contributed by atoms with van der Waals surface area (Å²) in [7, 11) is -3.61. The van der Waals surface area contributed by atoms with Crippen LogP contribution in [0.5, 0.6) is 0 Å². The van der Waals surface area contributed by atoms with Gasteiger partial charge in [-0.1, -0.05) is 54.1 Å². The highest BCUT2D eigenvalue weighted by molar-refractivity contribution is 7.89. The number of halogens is 1. The molecule has 0 fully saturated rings. The van der Waals surface area contributed by atoms with Crippen molar-refractivity contribution in [3.8, 4) is 0 Å². The van der Waals surface area contributed by atoms with Crippen LogP contribution in [0.3, 0.4) is 0 Å². The number of hydrogen-bond acceptors (Lipinski definition) is 2. The van der Waals surface area contributed by atoms with Crippen molar-refractivity contribution < 1.29 is 8.42 Å². The van der Waals surface area contributed by atoms with Crippen molar-refractivity contribution >= 4 is 32.4 Å². The van der Waals surface area contributed by atoms with Crippen LogP contribution < -0.4 is 4.72 Å². The predicted octanol–water partition coefficient (Wildman–Crippen LogP) is 4.53. The van der Waals surface area contributed by atoms with Gasteiger partial charge in [-0.3, -0.25) is 0 Å². The van der Waals surface area contributed by atoms with Crippen LogP contribution in [0.25, 0.3) is 10.8 Å². The van der Waals surface area contributed by atoms with Gasteiger partial charge in [-0.05, 0) is 47.5 Å². The smallest absolute Gasteiger partial charge is 0.207 e. The van der Waals surface area contributed by atoms with E-state index in [-0.39, 0.29) is 10.9 Å². The van der Waals surface area contributed by atoms with Gasteiger partial charge in [-0.25, -0.2) is 13.1 Å². The van der Waals surface area contributed by atoms with Gasteiger partial charge in [-0.15, -0.1) is 0 Å². The molecule has 3 aromatic rings. The summed E-state index contributed by atoms with van der Waals surface area (Å²) in [5.74, 6) is 0. The second-order valence-electron chi connectivity index (χ2n) is 5.41. The van der Waals surface area contributed by atoms with Crippen molar-refractivity contribution in [3.05, 3.63) is 77.3 Å². The van der Waals surface area contributed by atoms with Crippen LogP contribution >= 0.6 is 11.6 Å². The molecule has 3 aromatic carbocycles. The summed E-state index contributed by atoms with van der Waals surface area (Å²) in [6.07, 6.45) is 0. The molecule has 0 spiro atoms. The highest BCUT2D eigenvalue weighted by Gasteiger charge is 2.18. The maximum atomic E-state index is 12.6. The summed E-state index contributed by atoms with van der Waals surface area (Å²) in [5.41, 5.74) is 0.821. The number of hydrogen-bond donors (Lipinski definition) is 1. The van der Waals surface area contributed by atoms with Crippen LogP contribution in [-0.2, 0) is 10.0 Å². The molecule has 3 nitrogen and oxygen atoms in total. The summed E-state index contributed by atoms with van der Waals surface area (Å²) >= 11 is 5.97. The van der Waals surface area contributed by atoms with Crippen LogP contribution in [0.4, 0.5) is 0 Å². The van der Waals surface area contributed by atoms with Crippen molar-refractivity contribution in [3.63, 3.8) is 0 Å². The Morgan fingerprint density at radius 1 is 0.913 bits per heavy atom. The Kier molecular flexibility index (Phi) is 4.39. The zero-order valence-corrected chi connectivity index (χ0v) is 14.1. The Bertz CT molecular complexity index is 954. The van der Waals surface area contributed by atoms with Gasteiger partial charge in [0.25, 0.3) is 0 Å². The molecular formula is C18H16ClNO2S. The van der Waals surface area contributed by atoms with Crippen molar-refractivity contribution in [1.82, 2.24) is 4.72 Å². The monoisotopic (exact) mass is 345 g/mol. The van der Waals surface area contributed by atoms with Gasteiger partial charge in [-0.2, -0.15) is 0 Å². The van der Waals surface area contributed by atoms with Crippen molar-refractivity contribution in [2.24, 2.45) is 0 Å². The van der Waals surface area contributed by atoms with Crippen LogP contribution in [0.15, 0.2) is 71.6 Å². The molecule has 1 unspecified atom stereocenters. The van der Waals surface area contributed by atoms with Gasteiger partial charge >= 0.3 is 0 Å². The number of sulfonamides is 1. The van der Waals surface area contributed by atoms with Crippen molar-refractivity contribution in [2.45, 2.75) is 17.9 Å². The fraction of sp³-hybridized carbons (Fsp3) is 0.111. The van der Waals surface area contributed by atoms with Gasteiger partial charge in [0.15, 0.2) is 0 Å². The topological polar surface area (TPSA) is 46.2 Å². The number of nitrogens with one attached hydrogen (secondary N) is 1. The third kappa shape index (κ3) is 3.55. The van der Waals surface area contributed by atoms with E-state index < -0.39 is 10.0 Å². The molecule has 0 aliphatic heterocycles. The molecule has 0 aliphatic rings. The number of benzene rings is 3. The summed E-state index contributed by atoms with van der Waals surface area (Å²) in [5, 5.41) is 2.49. The van der Waals surface area contributed by atoms with E-state index in [9.17, 15) is 8.42 Å². The fourth-order valence-corrected chi connectivity index (χ4v) is 3.94. The molecule has 0 heterocycles. The molecule has 0 aromatic heterocycles. The summed E-state index contributed by atoms with van der Waals surface area (Å²) in [6.45, 7) is 1.80. The molecule has 0 aliphatic carbocycles. The largest absolute Gasteiger partial charge is 0.241 e. The Morgan fingerprint density at radius 3 is 2.39 bits per heavy atom. The Balaban J connectivity index is 1.90. The summed E-state index contributed by atoms with van der Waals surface area (Å²) < 4.78 is 27.9. The summed E-state index contributed by atoms with van der Waals surface area (Å²) in [4.78, 5) is 0.255. The Hall–Kier alpha value is -1.88. The minimum atomic E-state index is -3.61. The van der Waals surface area contributed by atoms with E-state index in [1.807, 2.05) is 36.4 Å². The van der Waals surface area contributed by atoms with E-state index in [0.717, 1.165) is 16.3 Å². The lowest BCUT2D eigenvalue weighted by Gasteiger charge is -2.15. The van der Waals surface area contributed by atoms with Crippen molar-refractivity contribution in [1.29, 1.82) is 0 Å². The molecule has 0 saturated carbocycles. The molecule has 5 heteroatoms. The molecule has 3 rings (SSSR count). The predicted molar refractivity (Wildman–Crippen MR) is 94.1 cm³/mol. The second kappa shape index (κ2) is 6.32. The zero-order valence-electron chi connectivity index (χ0n) is 12.5. The zero-order chi connectivity index (χ0) is 16.4. The third-order valence-corrected chi connectivity index (χ3v) is 5.49. The molecule has 1 N–H and O–H groups in total. The molecule has 23 heavy (non-hydrogen) atoms. The third-order valence-electron chi connectivity index (χ3n) is 3.71. The fourth-order valence-electron chi connectivity index (χ4n) is 2.48. The molecule has 118 valence electrons. The van der Waals surface area contributed by atoms with Gasteiger partial charge in [0, 0.05) is 11.1 Å². The van der Waals surface area contributed by atoms with E-state index >= 15 is 0 Å². The normalized spacial score (nSPS) is 13.1. The minimum absolute atomic E-state index is 0.255. The maximum absolute atomic E-state index is 12.6. The van der Waals surface area contributed by atoms with E-state index in [1.54, 1.807) is 37.3 Å². The molecule has 0 radical (unpaired) electrons. The van der Waals surface area contributed by atoms with Crippen LogP contribution in [-0.4, -0.2) is 8.42 Å². The van der Waals surface area contributed by atoms with E-state index in [0.29, 0.717) is 5.02 Å². The van der Waals surface area contributed by atoms with E-state index in [2.05, 4.69) is 4.72 Å². The highest BCUT2D eigenvalue weighted by Crippen LogP contribution is 2.22. The SMILES string of the molecule is CC(NS(=O)(=O)c1ccc2ccccc2c1)c1cccc(Cl)c1. The first-order valence-corrected chi connectivity index (χ1v) is 9.08. The second-order valence-corrected chi connectivity index (χ2v) is 7.56. The highest BCUT2D eigenvalue weighted by atomic mass is 35.5. The van der Waals surface area contributed by atoms with Gasteiger partial charge in [0.2, 0.25) is 10.0 Å². The maximum Gasteiger partial charge on any atom is 0.241 e. The first kappa shape index (κ1) is 16.0. The minimum Gasteiger partial charge on any atom is -0.207 e. The lowest BCUT2D eigenvalue weighted by atomic mass is 10.1. The number of fused-ring (bicyclic) bond motifs is 1. The van der Waals surface area contributed by atoms with E-state index in [4.69, 9.17) is 11.6 Å². The number of rotatable bonds is 4. The average molecular weight is 346 g/mol. The lowest BCUT2D eigenvalue weighted by Crippen LogP contribution is -2.26. The quantitative estimate of drug-likeness (QED) is 0.755. The van der Waals surface area contributed by atoms with Gasteiger partial charge in [0.05, 0.1) is 4.90 Å².